The van der Waals surface area contributed by atoms with Gasteiger partial charge in [0.15, 0.2) is 0 Å². The van der Waals surface area contributed by atoms with Crippen LogP contribution >= 0.6 is 15.9 Å². The average Bonchev–Trinajstić information content (AvgIpc) is 2.17. The number of nitrogens with zero attached hydrogens (tertiary/aromatic N) is 2. The van der Waals surface area contributed by atoms with Crippen molar-refractivity contribution in [2.24, 2.45) is 7.05 Å². The Morgan fingerprint density at radius 3 is 2.50 bits per heavy atom. The number of aryl methyl sites for hydroxylation is 1. The molecule has 0 aliphatic rings. The molecule has 56 valence electrons. The predicted octanol–water partition coefficient (Wildman–Crippen LogP) is 0.983. The molecule has 1 aromatic rings. The molecule has 3 nitrogen and oxygen atoms in total. The molecule has 1 N–H and O–H groups in total. The molecule has 0 atom stereocenters. The Morgan fingerprint density at radius 1 is 1.70 bits per heavy atom. The minimum absolute atomic E-state index is 0.00523. The highest BCUT2D eigenvalue weighted by atomic mass is 79.9. The lowest BCUT2D eigenvalue weighted by atomic mass is 10.3. The van der Waals surface area contributed by atoms with Crippen molar-refractivity contribution >= 4 is 15.9 Å². The van der Waals surface area contributed by atoms with E-state index in [2.05, 4.69) is 21.0 Å². The second kappa shape index (κ2) is 2.72. The molecule has 10 heavy (non-hydrogen) atoms. The molecule has 0 bridgehead atoms. The highest BCUT2D eigenvalue weighted by Gasteiger charge is 2.07. The number of halogens is 1. The average molecular weight is 205 g/mol. The molecule has 0 aromatic carbocycles. The van der Waals surface area contributed by atoms with Crippen LogP contribution in [0.1, 0.15) is 11.3 Å². The molecule has 0 unspecified atom stereocenters. The summed E-state index contributed by atoms with van der Waals surface area (Å²) in [7, 11) is 1.83. The van der Waals surface area contributed by atoms with Crippen LogP contribution in [0, 0.1) is 6.92 Å². The molecule has 0 spiro atoms. The van der Waals surface area contributed by atoms with Crippen LogP contribution in [0.2, 0.25) is 0 Å². The van der Waals surface area contributed by atoms with Gasteiger partial charge >= 0.3 is 0 Å². The quantitative estimate of drug-likeness (QED) is 0.742. The summed E-state index contributed by atoms with van der Waals surface area (Å²) in [5.74, 6) is 0. The zero-order valence-electron chi connectivity index (χ0n) is 5.93. The van der Waals surface area contributed by atoms with Crippen LogP contribution in [0.5, 0.6) is 0 Å². The van der Waals surface area contributed by atoms with Gasteiger partial charge < -0.3 is 5.11 Å². The second-order valence-electron chi connectivity index (χ2n) is 2.14. The molecule has 1 heterocycles. The Hall–Kier alpha value is -0.350. The molecule has 0 aliphatic heterocycles. The fourth-order valence-corrected chi connectivity index (χ4v) is 1.12. The molecular formula is C6H9BrN2O. The van der Waals surface area contributed by atoms with E-state index in [1.807, 2.05) is 14.0 Å². The Labute approximate surface area is 67.8 Å². The Balaban J connectivity index is 3.17. The predicted molar refractivity (Wildman–Crippen MR) is 41.6 cm³/mol. The maximum absolute atomic E-state index is 8.76. The van der Waals surface area contributed by atoms with Crippen molar-refractivity contribution < 1.29 is 5.11 Å². The van der Waals surface area contributed by atoms with Crippen LogP contribution in [0.3, 0.4) is 0 Å². The molecular weight excluding hydrogens is 196 g/mol. The molecule has 0 aliphatic carbocycles. The third kappa shape index (κ3) is 1.09. The summed E-state index contributed by atoms with van der Waals surface area (Å²) in [6.07, 6.45) is 0. The van der Waals surface area contributed by atoms with Crippen LogP contribution in [-0.4, -0.2) is 14.9 Å². The van der Waals surface area contributed by atoms with Gasteiger partial charge in [-0.1, -0.05) is 0 Å². The van der Waals surface area contributed by atoms with Crippen LogP contribution in [0.25, 0.3) is 0 Å². The standard InChI is InChI=1S/C6H9BrN2O/c1-4-5(3-10)8-9(2)6(4)7/h10H,3H2,1-2H3. The van der Waals surface area contributed by atoms with Crippen LogP contribution < -0.4 is 0 Å². The van der Waals surface area contributed by atoms with E-state index in [1.165, 1.54) is 0 Å². The van der Waals surface area contributed by atoms with Crippen molar-refractivity contribution in [3.05, 3.63) is 15.9 Å². The van der Waals surface area contributed by atoms with E-state index in [9.17, 15) is 0 Å². The maximum atomic E-state index is 8.76. The van der Waals surface area contributed by atoms with Crippen molar-refractivity contribution in [2.75, 3.05) is 0 Å². The summed E-state index contributed by atoms with van der Waals surface area (Å²) in [4.78, 5) is 0. The highest BCUT2D eigenvalue weighted by Crippen LogP contribution is 2.17. The van der Waals surface area contributed by atoms with Gasteiger partial charge in [0.2, 0.25) is 0 Å². The largest absolute Gasteiger partial charge is 0.390 e. The van der Waals surface area contributed by atoms with E-state index in [-0.39, 0.29) is 6.61 Å². The van der Waals surface area contributed by atoms with Gasteiger partial charge in [-0.2, -0.15) is 5.10 Å². The lowest BCUT2D eigenvalue weighted by molar-refractivity contribution is 0.275. The first-order valence-electron chi connectivity index (χ1n) is 2.95. The summed E-state index contributed by atoms with van der Waals surface area (Å²) >= 11 is 3.33. The van der Waals surface area contributed by atoms with Crippen molar-refractivity contribution in [1.29, 1.82) is 0 Å². The van der Waals surface area contributed by atoms with Gasteiger partial charge in [0.1, 0.15) is 4.60 Å². The van der Waals surface area contributed by atoms with E-state index < -0.39 is 0 Å². The summed E-state index contributed by atoms with van der Waals surface area (Å²) in [6.45, 7) is 1.92. The van der Waals surface area contributed by atoms with E-state index in [0.717, 1.165) is 15.9 Å². The molecule has 0 saturated heterocycles. The normalized spacial score (nSPS) is 10.4. The fraction of sp³-hybridized carbons (Fsp3) is 0.500. The summed E-state index contributed by atoms with van der Waals surface area (Å²) < 4.78 is 2.62. The molecule has 0 saturated carbocycles. The van der Waals surface area contributed by atoms with E-state index in [0.29, 0.717) is 0 Å². The monoisotopic (exact) mass is 204 g/mol. The zero-order valence-corrected chi connectivity index (χ0v) is 7.51. The SMILES string of the molecule is Cc1c(CO)nn(C)c1Br. The first-order chi connectivity index (χ1) is 4.66. The number of hydrogen-bond acceptors (Lipinski definition) is 2. The van der Waals surface area contributed by atoms with Crippen LogP contribution in [-0.2, 0) is 13.7 Å². The summed E-state index contributed by atoms with van der Waals surface area (Å²) in [6, 6.07) is 0. The van der Waals surface area contributed by atoms with Crippen molar-refractivity contribution in [1.82, 2.24) is 9.78 Å². The van der Waals surface area contributed by atoms with Crippen LogP contribution in [0.15, 0.2) is 4.60 Å². The summed E-state index contributed by atoms with van der Waals surface area (Å²) in [5, 5.41) is 12.8. The van der Waals surface area contributed by atoms with Gasteiger partial charge in [0.05, 0.1) is 12.3 Å². The lowest BCUT2D eigenvalue weighted by Gasteiger charge is -1.88. The fourth-order valence-electron chi connectivity index (χ4n) is 0.812. The molecule has 4 heteroatoms. The number of aliphatic hydroxyl groups is 1. The summed E-state index contributed by atoms with van der Waals surface area (Å²) in [5.41, 5.74) is 1.74. The van der Waals surface area contributed by atoms with Crippen molar-refractivity contribution in [3.8, 4) is 0 Å². The zero-order chi connectivity index (χ0) is 7.72. The number of hydrogen-bond donors (Lipinski definition) is 1. The molecule has 1 rings (SSSR count). The first-order valence-corrected chi connectivity index (χ1v) is 3.75. The number of aromatic nitrogens is 2. The van der Waals surface area contributed by atoms with Crippen molar-refractivity contribution in [3.63, 3.8) is 0 Å². The third-order valence-electron chi connectivity index (χ3n) is 1.45. The first kappa shape index (κ1) is 7.75. The third-order valence-corrected chi connectivity index (χ3v) is 2.55. The van der Waals surface area contributed by atoms with E-state index in [4.69, 9.17) is 5.11 Å². The van der Waals surface area contributed by atoms with Gasteiger partial charge in [0.25, 0.3) is 0 Å². The second-order valence-corrected chi connectivity index (χ2v) is 2.90. The minimum Gasteiger partial charge on any atom is -0.390 e. The Morgan fingerprint density at radius 2 is 2.30 bits per heavy atom. The highest BCUT2D eigenvalue weighted by molar-refractivity contribution is 9.10. The smallest absolute Gasteiger partial charge is 0.107 e. The van der Waals surface area contributed by atoms with Crippen LogP contribution in [0.4, 0.5) is 0 Å². The molecule has 0 fully saturated rings. The number of rotatable bonds is 1. The molecule has 1 aromatic heterocycles. The molecule has 0 amide bonds. The van der Waals surface area contributed by atoms with E-state index >= 15 is 0 Å². The van der Waals surface area contributed by atoms with Gasteiger partial charge in [-0.3, -0.25) is 4.68 Å². The van der Waals surface area contributed by atoms with Gasteiger partial charge in [-0.25, -0.2) is 0 Å². The molecule has 0 radical (unpaired) electrons. The topological polar surface area (TPSA) is 38.1 Å². The lowest BCUT2D eigenvalue weighted by Crippen LogP contribution is -1.91. The van der Waals surface area contributed by atoms with Gasteiger partial charge in [-0.15, -0.1) is 0 Å². The van der Waals surface area contributed by atoms with E-state index in [1.54, 1.807) is 4.68 Å². The number of aliphatic hydroxyl groups excluding tert-OH is 1. The Bertz CT molecular complexity index is 244. The maximum Gasteiger partial charge on any atom is 0.107 e. The van der Waals surface area contributed by atoms with Crippen molar-refractivity contribution in [2.45, 2.75) is 13.5 Å². The Kier molecular flexibility index (Phi) is 2.11. The minimum atomic E-state index is 0.00523. The van der Waals surface area contributed by atoms with Gasteiger partial charge in [0, 0.05) is 12.6 Å². The van der Waals surface area contributed by atoms with Gasteiger partial charge in [-0.05, 0) is 22.9 Å².